The van der Waals surface area contributed by atoms with Crippen molar-refractivity contribution in [3.8, 4) is 0 Å². The molecule has 0 unspecified atom stereocenters. The molecule has 0 atom stereocenters. The highest BCUT2D eigenvalue weighted by atomic mass is 16.5. The molecule has 0 aliphatic heterocycles. The molecule has 0 amide bonds. The number of aliphatic imine (C=N–C) groups is 2. The summed E-state index contributed by atoms with van der Waals surface area (Å²) in [6.07, 6.45) is 1.75. The van der Waals surface area contributed by atoms with E-state index in [1.54, 1.807) is 35.2 Å². The van der Waals surface area contributed by atoms with Crippen LogP contribution in [-0.2, 0) is 0 Å². The molecule has 10 heteroatoms. The van der Waals surface area contributed by atoms with Crippen molar-refractivity contribution < 1.29 is 20.8 Å². The lowest BCUT2D eigenvalue weighted by atomic mass is 10.3. The lowest BCUT2D eigenvalue weighted by Crippen LogP contribution is -2.20. The molecule has 1 rings (SSSR count). The molecule has 1 aromatic rings. The molecule has 1 aromatic carbocycles. The molecule has 20 heavy (non-hydrogen) atoms. The first kappa shape index (κ1) is 15.1. The number of nitrogens with one attached hydrogen (secondary N) is 2. The summed E-state index contributed by atoms with van der Waals surface area (Å²) in [6, 6.07) is 6.45. The van der Waals surface area contributed by atoms with Crippen LogP contribution in [0.25, 0.3) is 0 Å². The normalized spacial score (nSPS) is 13.1. The molecule has 0 aliphatic carbocycles. The Morgan fingerprint density at radius 1 is 0.850 bits per heavy atom. The minimum absolute atomic E-state index is 0.135. The largest absolute Gasteiger partial charge is 0.411 e. The van der Waals surface area contributed by atoms with Crippen LogP contribution >= 0.6 is 0 Å². The number of hydrogen-bond acceptors (Lipinski definition) is 8. The van der Waals surface area contributed by atoms with Crippen molar-refractivity contribution in [2.45, 2.75) is 0 Å². The van der Waals surface area contributed by atoms with E-state index in [2.05, 4.69) is 20.3 Å². The molecule has 0 spiro atoms. The van der Waals surface area contributed by atoms with Gasteiger partial charge in [-0.25, -0.2) is 9.98 Å². The van der Waals surface area contributed by atoms with E-state index in [0.29, 0.717) is 11.4 Å². The van der Waals surface area contributed by atoms with Crippen LogP contribution in [0.2, 0.25) is 0 Å². The lowest BCUT2D eigenvalue weighted by Gasteiger charge is -2.03. The van der Waals surface area contributed by atoms with Gasteiger partial charge in [-0.3, -0.25) is 21.4 Å². The highest BCUT2D eigenvalue weighted by Gasteiger charge is 2.03. The van der Waals surface area contributed by atoms with Gasteiger partial charge in [0.25, 0.3) is 0 Å². The number of amidine groups is 2. The third-order valence-corrected chi connectivity index (χ3v) is 1.95. The highest BCUT2D eigenvalue weighted by Crippen LogP contribution is 2.27. The smallest absolute Gasteiger partial charge is 0.172 e. The summed E-state index contributed by atoms with van der Waals surface area (Å²) < 4.78 is 0. The Balaban J connectivity index is 3.23. The van der Waals surface area contributed by atoms with Crippen molar-refractivity contribution >= 4 is 35.5 Å². The first-order valence-electron chi connectivity index (χ1n) is 5.16. The van der Waals surface area contributed by atoms with Crippen LogP contribution in [0.1, 0.15) is 0 Å². The van der Waals surface area contributed by atoms with Crippen molar-refractivity contribution in [1.29, 1.82) is 0 Å². The Morgan fingerprint density at radius 3 is 1.55 bits per heavy atom. The zero-order valence-corrected chi connectivity index (χ0v) is 10.0. The van der Waals surface area contributed by atoms with Gasteiger partial charge in [-0.2, -0.15) is 0 Å². The van der Waals surface area contributed by atoms with Crippen molar-refractivity contribution in [2.24, 2.45) is 20.3 Å². The summed E-state index contributed by atoms with van der Waals surface area (Å²) in [4.78, 5) is 7.87. The third-order valence-electron chi connectivity index (χ3n) is 1.95. The van der Waals surface area contributed by atoms with E-state index in [1.807, 2.05) is 0 Å². The van der Waals surface area contributed by atoms with Gasteiger partial charge in [0.2, 0.25) is 0 Å². The van der Waals surface area contributed by atoms with Crippen molar-refractivity contribution in [3.05, 3.63) is 24.3 Å². The predicted molar refractivity (Wildman–Crippen MR) is 71.0 cm³/mol. The molecule has 0 heterocycles. The molecule has 0 bridgehead atoms. The van der Waals surface area contributed by atoms with Gasteiger partial charge >= 0.3 is 0 Å². The van der Waals surface area contributed by atoms with Gasteiger partial charge in [-0.1, -0.05) is 22.4 Å². The van der Waals surface area contributed by atoms with Gasteiger partial charge in [-0.15, -0.1) is 0 Å². The summed E-state index contributed by atoms with van der Waals surface area (Å²) in [6.45, 7) is 0. The first-order valence-corrected chi connectivity index (χ1v) is 5.16. The van der Waals surface area contributed by atoms with E-state index in [9.17, 15) is 0 Å². The van der Waals surface area contributed by atoms with Crippen LogP contribution in [0.4, 0.5) is 11.4 Å². The lowest BCUT2D eigenvalue weighted by molar-refractivity contribution is 0.236. The molecule has 0 saturated carbocycles. The van der Waals surface area contributed by atoms with Crippen LogP contribution in [0.3, 0.4) is 0 Å². The summed E-state index contributed by atoms with van der Waals surface area (Å²) >= 11 is 0. The molecule has 0 aliphatic rings. The molecule has 0 radical (unpaired) electrons. The van der Waals surface area contributed by atoms with Crippen LogP contribution in [0, 0.1) is 0 Å². The van der Waals surface area contributed by atoms with E-state index < -0.39 is 0 Å². The zero-order valence-electron chi connectivity index (χ0n) is 10.0. The minimum atomic E-state index is -0.135. The quantitative estimate of drug-likeness (QED) is 0.205. The Bertz CT molecular complexity index is 505. The van der Waals surface area contributed by atoms with Crippen molar-refractivity contribution in [3.63, 3.8) is 0 Å². The number of benzene rings is 1. The molecule has 106 valence electrons. The number of oxime groups is 2. The average molecular weight is 280 g/mol. The van der Waals surface area contributed by atoms with E-state index in [-0.39, 0.29) is 11.7 Å². The van der Waals surface area contributed by atoms with Gasteiger partial charge in [0.05, 0.1) is 11.4 Å². The topological polar surface area (TPSA) is 154 Å². The standard InChI is InChI=1S/C10H12N6O4/c17-11-5-9(15-19)13-7-3-1-2-4-8(7)14-10(16-20)6-12-18/h1-6,17-20H,(H,13,15)(H,14,16)/b11-5+,12-6+. The van der Waals surface area contributed by atoms with Crippen LogP contribution < -0.4 is 11.0 Å². The van der Waals surface area contributed by atoms with E-state index >= 15 is 0 Å². The number of hydrogen-bond donors (Lipinski definition) is 6. The van der Waals surface area contributed by atoms with Gasteiger partial charge < -0.3 is 10.4 Å². The fourth-order valence-electron chi connectivity index (χ4n) is 1.19. The fourth-order valence-corrected chi connectivity index (χ4v) is 1.19. The van der Waals surface area contributed by atoms with Crippen LogP contribution in [0.5, 0.6) is 0 Å². The second-order valence-corrected chi connectivity index (χ2v) is 3.20. The Hall–Kier alpha value is -2.98. The summed E-state index contributed by atoms with van der Waals surface area (Å²) in [5.74, 6) is -0.269. The maximum Gasteiger partial charge on any atom is 0.172 e. The Morgan fingerprint density at radius 2 is 1.25 bits per heavy atom. The zero-order chi connectivity index (χ0) is 14.8. The van der Waals surface area contributed by atoms with Crippen molar-refractivity contribution in [2.75, 3.05) is 0 Å². The Kier molecular flexibility index (Phi) is 6.17. The van der Waals surface area contributed by atoms with Gasteiger partial charge in [0, 0.05) is 0 Å². The second kappa shape index (κ2) is 8.18. The predicted octanol–water partition coefficient (Wildman–Crippen LogP) is 0.624. The molecular formula is C10H12N6O4. The molecule has 6 N–H and O–H groups in total. The Labute approximate surface area is 113 Å². The highest BCUT2D eigenvalue weighted by molar-refractivity contribution is 6.30. The van der Waals surface area contributed by atoms with Crippen LogP contribution in [-0.4, -0.2) is 44.9 Å². The first-order chi connectivity index (χ1) is 9.74. The van der Waals surface area contributed by atoms with Gasteiger partial charge in [0.15, 0.2) is 11.7 Å². The fraction of sp³-hybridized carbons (Fsp3) is 0. The monoisotopic (exact) mass is 280 g/mol. The number of para-hydroxylation sites is 2. The maximum atomic E-state index is 8.80. The van der Waals surface area contributed by atoms with E-state index in [4.69, 9.17) is 20.8 Å². The molecule has 10 nitrogen and oxygen atoms in total. The van der Waals surface area contributed by atoms with E-state index in [0.717, 1.165) is 12.4 Å². The second-order valence-electron chi connectivity index (χ2n) is 3.20. The summed E-state index contributed by atoms with van der Waals surface area (Å²) in [5.41, 5.74) is 4.05. The molecular weight excluding hydrogens is 268 g/mol. The molecule has 0 aromatic heterocycles. The van der Waals surface area contributed by atoms with Crippen molar-refractivity contribution in [1.82, 2.24) is 11.0 Å². The number of hydroxylamine groups is 2. The number of nitrogens with zero attached hydrogens (tertiary/aromatic N) is 4. The minimum Gasteiger partial charge on any atom is -0.411 e. The SMILES string of the molecule is O/N=C/C(=Nc1ccccc1N=C(/C=N/O)NO)NO. The summed E-state index contributed by atoms with van der Waals surface area (Å²) in [7, 11) is 0. The molecule has 0 fully saturated rings. The van der Waals surface area contributed by atoms with Gasteiger partial charge in [-0.05, 0) is 12.1 Å². The third kappa shape index (κ3) is 4.36. The van der Waals surface area contributed by atoms with Gasteiger partial charge in [0.1, 0.15) is 12.4 Å². The van der Waals surface area contributed by atoms with E-state index in [1.165, 1.54) is 0 Å². The molecule has 0 saturated heterocycles. The summed E-state index contributed by atoms with van der Waals surface area (Å²) in [5, 5.41) is 39.8. The average Bonchev–Trinajstić information content (AvgIpc) is 2.48. The van der Waals surface area contributed by atoms with Crippen LogP contribution in [0.15, 0.2) is 44.6 Å². The maximum absolute atomic E-state index is 8.80. The number of rotatable bonds is 4.